The van der Waals surface area contributed by atoms with Crippen molar-refractivity contribution < 1.29 is 29.0 Å². The molecule has 1 atom stereocenters. The average Bonchev–Trinajstić information content (AvgIpc) is 3.29. The van der Waals surface area contributed by atoms with Gasteiger partial charge in [-0.2, -0.15) is 0 Å². The fourth-order valence-electron chi connectivity index (χ4n) is 3.20. The summed E-state index contributed by atoms with van der Waals surface area (Å²) in [5.74, 6) is -0.253. The molecule has 0 aliphatic carbocycles. The van der Waals surface area contributed by atoms with Gasteiger partial charge < -0.3 is 24.8 Å². The number of hydrogen-bond acceptors (Lipinski definition) is 5. The van der Waals surface area contributed by atoms with Crippen molar-refractivity contribution in [2.45, 2.75) is 39.2 Å². The summed E-state index contributed by atoms with van der Waals surface area (Å²) in [6.07, 6.45) is 1.65. The Labute approximate surface area is 157 Å². The van der Waals surface area contributed by atoms with E-state index in [9.17, 15) is 14.4 Å². The lowest BCUT2D eigenvalue weighted by Gasteiger charge is -2.25. The summed E-state index contributed by atoms with van der Waals surface area (Å²) < 4.78 is 10.6. The molecule has 2 aliphatic heterocycles. The van der Waals surface area contributed by atoms with Crippen LogP contribution in [0, 0.1) is 5.41 Å². The van der Waals surface area contributed by atoms with Gasteiger partial charge in [0.05, 0.1) is 5.41 Å². The number of carbonyl (C=O) groups is 3. The van der Waals surface area contributed by atoms with Gasteiger partial charge in [-0.05, 0) is 51.3 Å². The van der Waals surface area contributed by atoms with Crippen molar-refractivity contribution in [2.75, 3.05) is 19.9 Å². The van der Waals surface area contributed by atoms with Crippen molar-refractivity contribution in [3.8, 4) is 11.5 Å². The summed E-state index contributed by atoms with van der Waals surface area (Å²) in [5.41, 5.74) is -0.462. The number of fused-ring (bicyclic) bond motifs is 1. The first-order chi connectivity index (χ1) is 12.8. The lowest BCUT2D eigenvalue weighted by Crippen LogP contribution is -2.46. The van der Waals surface area contributed by atoms with Crippen LogP contribution in [0.25, 0.3) is 0 Å². The van der Waals surface area contributed by atoms with Crippen LogP contribution < -0.4 is 14.8 Å². The number of amides is 2. The highest BCUT2D eigenvalue weighted by Crippen LogP contribution is 2.33. The zero-order valence-corrected chi connectivity index (χ0v) is 15.5. The highest BCUT2D eigenvalue weighted by molar-refractivity contribution is 5.98. The molecular formula is C19H24N2O6. The second-order valence-corrected chi connectivity index (χ2v) is 7.45. The molecule has 2 N–H and O–H groups in total. The van der Waals surface area contributed by atoms with Crippen LogP contribution in [0.3, 0.4) is 0 Å². The van der Waals surface area contributed by atoms with E-state index in [1.165, 1.54) is 0 Å². The van der Waals surface area contributed by atoms with Crippen LogP contribution in [0.1, 0.15) is 43.5 Å². The number of carbonyl (C=O) groups excluding carboxylic acids is 2. The van der Waals surface area contributed by atoms with Gasteiger partial charge in [0, 0.05) is 18.7 Å². The fourth-order valence-corrected chi connectivity index (χ4v) is 3.20. The minimum atomic E-state index is -0.912. The van der Waals surface area contributed by atoms with Crippen molar-refractivity contribution in [3.05, 3.63) is 23.8 Å². The number of carboxylic acids is 1. The summed E-state index contributed by atoms with van der Waals surface area (Å²) in [6.45, 7) is 4.13. The molecule has 0 radical (unpaired) electrons. The molecule has 27 heavy (non-hydrogen) atoms. The first-order valence-corrected chi connectivity index (χ1v) is 9.01. The van der Waals surface area contributed by atoms with E-state index in [1.807, 2.05) is 0 Å². The largest absolute Gasteiger partial charge is 0.481 e. The summed E-state index contributed by atoms with van der Waals surface area (Å²) in [5, 5.41) is 11.9. The third-order valence-electron chi connectivity index (χ3n) is 5.06. The number of hydrogen-bond donors (Lipinski definition) is 2. The van der Waals surface area contributed by atoms with Gasteiger partial charge in [0.15, 0.2) is 11.5 Å². The molecule has 0 spiro atoms. The molecule has 0 bridgehead atoms. The van der Waals surface area contributed by atoms with E-state index in [1.54, 1.807) is 36.9 Å². The molecule has 2 amide bonds. The Morgan fingerprint density at radius 2 is 2.00 bits per heavy atom. The van der Waals surface area contributed by atoms with Crippen molar-refractivity contribution in [1.82, 2.24) is 10.2 Å². The quantitative estimate of drug-likeness (QED) is 0.782. The van der Waals surface area contributed by atoms with Crippen molar-refractivity contribution >= 4 is 17.8 Å². The Kier molecular flexibility index (Phi) is 5.25. The molecule has 1 aromatic rings. The zero-order valence-electron chi connectivity index (χ0n) is 15.5. The number of ether oxygens (including phenoxy) is 2. The van der Waals surface area contributed by atoms with Gasteiger partial charge in [-0.15, -0.1) is 0 Å². The number of nitrogens with one attached hydrogen (secondary N) is 1. The molecule has 1 unspecified atom stereocenters. The number of carboxylic acid groups (broad SMARTS) is 1. The Balaban J connectivity index is 1.62. The van der Waals surface area contributed by atoms with E-state index < -0.39 is 17.4 Å². The number of aliphatic carboxylic acids is 1. The van der Waals surface area contributed by atoms with Gasteiger partial charge >= 0.3 is 5.97 Å². The van der Waals surface area contributed by atoms with Crippen LogP contribution in [0.2, 0.25) is 0 Å². The molecule has 0 aromatic heterocycles. The SMILES string of the molecule is CC(C)(CCNC(=O)C1CCCN1C(=O)c1ccc2c(c1)OCO2)C(=O)O. The van der Waals surface area contributed by atoms with E-state index in [0.717, 1.165) is 6.42 Å². The Hall–Kier alpha value is -2.77. The molecule has 8 heteroatoms. The maximum atomic E-state index is 12.9. The lowest BCUT2D eigenvalue weighted by atomic mass is 9.89. The zero-order chi connectivity index (χ0) is 19.6. The second-order valence-electron chi connectivity index (χ2n) is 7.45. The maximum absolute atomic E-state index is 12.9. The van der Waals surface area contributed by atoms with Crippen LogP contribution in [-0.2, 0) is 9.59 Å². The number of benzene rings is 1. The number of rotatable bonds is 6. The highest BCUT2D eigenvalue weighted by atomic mass is 16.7. The first-order valence-electron chi connectivity index (χ1n) is 9.01. The molecule has 0 saturated carbocycles. The molecular weight excluding hydrogens is 352 g/mol. The van der Waals surface area contributed by atoms with Crippen LogP contribution >= 0.6 is 0 Å². The molecule has 8 nitrogen and oxygen atoms in total. The predicted octanol–water partition coefficient (Wildman–Crippen LogP) is 1.64. The van der Waals surface area contributed by atoms with Crippen LogP contribution in [-0.4, -0.2) is 53.7 Å². The standard InChI is InChI=1S/C19H24N2O6/c1-19(2,18(24)25)7-8-20-16(22)13-4-3-9-21(13)17(23)12-5-6-14-15(10-12)27-11-26-14/h5-6,10,13H,3-4,7-9,11H2,1-2H3,(H,20,22)(H,24,25). The van der Waals surface area contributed by atoms with E-state index in [4.69, 9.17) is 14.6 Å². The second kappa shape index (κ2) is 7.46. The monoisotopic (exact) mass is 376 g/mol. The lowest BCUT2D eigenvalue weighted by molar-refractivity contribution is -0.147. The van der Waals surface area contributed by atoms with Gasteiger partial charge in [-0.1, -0.05) is 0 Å². The van der Waals surface area contributed by atoms with Crippen LogP contribution in [0.15, 0.2) is 18.2 Å². The Morgan fingerprint density at radius 1 is 1.26 bits per heavy atom. The Bertz CT molecular complexity index is 761. The van der Waals surface area contributed by atoms with E-state index in [0.29, 0.717) is 36.4 Å². The molecule has 1 aromatic carbocycles. The minimum absolute atomic E-state index is 0.133. The molecule has 3 rings (SSSR count). The number of likely N-dealkylation sites (tertiary alicyclic amines) is 1. The van der Waals surface area contributed by atoms with E-state index >= 15 is 0 Å². The first kappa shape index (κ1) is 19.0. The smallest absolute Gasteiger partial charge is 0.309 e. The molecule has 1 fully saturated rings. The van der Waals surface area contributed by atoms with Gasteiger partial charge in [-0.25, -0.2) is 0 Å². The normalized spacial score (nSPS) is 18.4. The predicted molar refractivity (Wildman–Crippen MR) is 95.7 cm³/mol. The van der Waals surface area contributed by atoms with Gasteiger partial charge in [0.1, 0.15) is 6.04 Å². The summed E-state index contributed by atoms with van der Waals surface area (Å²) in [6, 6.07) is 4.44. The van der Waals surface area contributed by atoms with Crippen LogP contribution in [0.5, 0.6) is 11.5 Å². The third kappa shape index (κ3) is 3.99. The van der Waals surface area contributed by atoms with Gasteiger partial charge in [0.25, 0.3) is 5.91 Å². The summed E-state index contributed by atoms with van der Waals surface area (Å²) >= 11 is 0. The average molecular weight is 376 g/mol. The number of nitrogens with zero attached hydrogens (tertiary/aromatic N) is 1. The fraction of sp³-hybridized carbons (Fsp3) is 0.526. The Morgan fingerprint density at radius 3 is 2.74 bits per heavy atom. The van der Waals surface area contributed by atoms with Crippen molar-refractivity contribution in [3.63, 3.8) is 0 Å². The van der Waals surface area contributed by atoms with Gasteiger partial charge in [0.2, 0.25) is 12.7 Å². The van der Waals surface area contributed by atoms with Gasteiger partial charge in [-0.3, -0.25) is 14.4 Å². The topological polar surface area (TPSA) is 105 Å². The van der Waals surface area contributed by atoms with E-state index in [2.05, 4.69) is 5.32 Å². The van der Waals surface area contributed by atoms with E-state index in [-0.39, 0.29) is 25.2 Å². The molecule has 2 aliphatic rings. The van der Waals surface area contributed by atoms with Crippen molar-refractivity contribution in [1.29, 1.82) is 0 Å². The molecule has 2 heterocycles. The summed E-state index contributed by atoms with van der Waals surface area (Å²) in [4.78, 5) is 38.1. The maximum Gasteiger partial charge on any atom is 0.309 e. The van der Waals surface area contributed by atoms with Crippen molar-refractivity contribution in [2.24, 2.45) is 5.41 Å². The third-order valence-corrected chi connectivity index (χ3v) is 5.06. The molecule has 1 saturated heterocycles. The minimum Gasteiger partial charge on any atom is -0.481 e. The van der Waals surface area contributed by atoms with Crippen LogP contribution in [0.4, 0.5) is 0 Å². The highest BCUT2D eigenvalue weighted by Gasteiger charge is 2.35. The summed E-state index contributed by atoms with van der Waals surface area (Å²) in [7, 11) is 0. The molecule has 146 valence electrons.